The second-order valence-corrected chi connectivity index (χ2v) is 6.01. The van der Waals surface area contributed by atoms with Crippen molar-refractivity contribution in [3.05, 3.63) is 35.6 Å². The smallest absolute Gasteiger partial charge is 0.240 e. The third kappa shape index (κ3) is 3.31. The van der Waals surface area contributed by atoms with Crippen molar-refractivity contribution in [2.24, 2.45) is 0 Å². The molecule has 0 aromatic heterocycles. The summed E-state index contributed by atoms with van der Waals surface area (Å²) in [7, 11) is 4.51. The Bertz CT molecular complexity index is 664. The van der Waals surface area contributed by atoms with E-state index in [-0.39, 0.29) is 24.7 Å². The summed E-state index contributed by atoms with van der Waals surface area (Å²) in [6, 6.07) is 5.53. The first kappa shape index (κ1) is 18.1. The first-order valence-electron chi connectivity index (χ1n) is 7.62. The quantitative estimate of drug-likeness (QED) is 0.726. The van der Waals surface area contributed by atoms with Crippen LogP contribution >= 0.6 is 0 Å². The number of hydrogen-bond acceptors (Lipinski definition) is 4. The maximum absolute atomic E-state index is 13.7. The number of rotatable bonds is 6. The number of ether oxygens (including phenoxy) is 1. The Labute approximate surface area is 140 Å². The maximum atomic E-state index is 13.7. The fraction of sp³-hybridized carbons (Fsp3) is 0.471. The molecule has 2 rings (SSSR count). The molecular weight excluding hydrogens is 315 g/mol. The Morgan fingerprint density at radius 1 is 1.42 bits per heavy atom. The molecule has 1 aliphatic heterocycles. The summed E-state index contributed by atoms with van der Waals surface area (Å²) in [6.07, 6.45) is -0.332. The first-order valence-corrected chi connectivity index (χ1v) is 7.62. The number of amides is 3. The van der Waals surface area contributed by atoms with E-state index in [0.29, 0.717) is 18.7 Å². The predicted octanol–water partition coefficient (Wildman–Crippen LogP) is 0.947. The molecule has 0 bridgehead atoms. The van der Waals surface area contributed by atoms with Crippen LogP contribution in [-0.4, -0.2) is 61.9 Å². The Kier molecular flexibility index (Phi) is 5.33. The lowest BCUT2D eigenvalue weighted by Crippen LogP contribution is -2.42. The van der Waals surface area contributed by atoms with Crippen LogP contribution in [0.1, 0.15) is 18.4 Å². The van der Waals surface area contributed by atoms with Gasteiger partial charge in [-0.2, -0.15) is 0 Å². The summed E-state index contributed by atoms with van der Waals surface area (Å²) in [6.45, 7) is 0.731. The van der Waals surface area contributed by atoms with Crippen LogP contribution in [0.3, 0.4) is 0 Å². The molecule has 0 unspecified atom stereocenters. The largest absolute Gasteiger partial charge is 0.383 e. The van der Waals surface area contributed by atoms with E-state index >= 15 is 0 Å². The number of imide groups is 1. The molecule has 24 heavy (non-hydrogen) atoms. The standard InChI is InChI=1S/C17H21FN2O4/c1-19(7-8-24-3)14(21)10-17(11-15(22)20(2)16(17)23)12-5-4-6-13(18)9-12/h4-6,9H,7-8,10-11H2,1-3H3/t17-/m1/s1. The normalized spacial score (nSPS) is 20.6. The fourth-order valence-corrected chi connectivity index (χ4v) is 2.88. The third-order valence-corrected chi connectivity index (χ3v) is 4.43. The van der Waals surface area contributed by atoms with Gasteiger partial charge in [0, 0.05) is 40.6 Å². The number of hydrogen-bond donors (Lipinski definition) is 0. The van der Waals surface area contributed by atoms with Gasteiger partial charge in [-0.25, -0.2) is 4.39 Å². The van der Waals surface area contributed by atoms with Gasteiger partial charge in [0.2, 0.25) is 17.7 Å². The number of nitrogens with zero attached hydrogens (tertiary/aromatic N) is 2. The molecule has 1 aromatic rings. The van der Waals surface area contributed by atoms with E-state index in [0.717, 1.165) is 4.90 Å². The lowest BCUT2D eigenvalue weighted by atomic mass is 9.75. The summed E-state index contributed by atoms with van der Waals surface area (Å²) in [4.78, 5) is 39.7. The molecule has 1 aliphatic rings. The highest BCUT2D eigenvalue weighted by Gasteiger charge is 2.52. The van der Waals surface area contributed by atoms with Gasteiger partial charge >= 0.3 is 0 Å². The minimum atomic E-state index is -1.35. The van der Waals surface area contributed by atoms with Gasteiger partial charge in [-0.1, -0.05) is 12.1 Å². The number of likely N-dealkylation sites (tertiary alicyclic amines) is 1. The first-order chi connectivity index (χ1) is 11.3. The second-order valence-electron chi connectivity index (χ2n) is 6.01. The number of methoxy groups -OCH3 is 1. The minimum Gasteiger partial charge on any atom is -0.383 e. The molecule has 1 saturated heterocycles. The van der Waals surface area contributed by atoms with E-state index in [2.05, 4.69) is 0 Å². The summed E-state index contributed by atoms with van der Waals surface area (Å²) < 4.78 is 18.6. The van der Waals surface area contributed by atoms with Gasteiger partial charge < -0.3 is 9.64 Å². The van der Waals surface area contributed by atoms with E-state index in [4.69, 9.17) is 4.74 Å². The molecule has 1 aromatic carbocycles. The monoisotopic (exact) mass is 336 g/mol. The molecule has 1 fully saturated rings. The van der Waals surface area contributed by atoms with Crippen molar-refractivity contribution in [3.8, 4) is 0 Å². The van der Waals surface area contributed by atoms with E-state index in [1.54, 1.807) is 13.1 Å². The summed E-state index contributed by atoms with van der Waals surface area (Å²) in [5.74, 6) is -1.67. The predicted molar refractivity (Wildman–Crippen MR) is 84.6 cm³/mol. The zero-order valence-corrected chi connectivity index (χ0v) is 14.0. The molecule has 0 spiro atoms. The van der Waals surface area contributed by atoms with Crippen LogP contribution in [0.25, 0.3) is 0 Å². The van der Waals surface area contributed by atoms with E-state index in [1.807, 2.05) is 0 Å². The Morgan fingerprint density at radius 3 is 2.67 bits per heavy atom. The molecular formula is C17H21FN2O4. The van der Waals surface area contributed by atoms with Crippen molar-refractivity contribution < 1.29 is 23.5 Å². The van der Waals surface area contributed by atoms with Gasteiger partial charge in [0.1, 0.15) is 5.82 Å². The third-order valence-electron chi connectivity index (χ3n) is 4.43. The fourth-order valence-electron chi connectivity index (χ4n) is 2.88. The molecule has 0 saturated carbocycles. The van der Waals surface area contributed by atoms with Gasteiger partial charge in [-0.3, -0.25) is 19.3 Å². The van der Waals surface area contributed by atoms with Crippen LogP contribution in [0.15, 0.2) is 24.3 Å². The maximum Gasteiger partial charge on any atom is 0.240 e. The number of benzene rings is 1. The molecule has 1 heterocycles. The number of carbonyl (C=O) groups is 3. The second kappa shape index (κ2) is 7.09. The lowest BCUT2D eigenvalue weighted by Gasteiger charge is -2.28. The molecule has 130 valence electrons. The average molecular weight is 336 g/mol. The SMILES string of the molecule is COCCN(C)C(=O)C[C@]1(c2cccc(F)c2)CC(=O)N(C)C1=O. The van der Waals surface area contributed by atoms with Crippen molar-refractivity contribution in [3.63, 3.8) is 0 Å². The van der Waals surface area contributed by atoms with Crippen LogP contribution in [0.5, 0.6) is 0 Å². The van der Waals surface area contributed by atoms with Gasteiger partial charge in [-0.05, 0) is 17.7 Å². The van der Waals surface area contributed by atoms with Crippen LogP contribution in [0.4, 0.5) is 4.39 Å². The molecule has 3 amide bonds. The molecule has 7 heteroatoms. The highest BCUT2D eigenvalue weighted by Crippen LogP contribution is 2.39. The van der Waals surface area contributed by atoms with E-state index in [1.165, 1.54) is 37.3 Å². The van der Waals surface area contributed by atoms with Crippen molar-refractivity contribution >= 4 is 17.7 Å². The summed E-state index contributed by atoms with van der Waals surface area (Å²) in [5, 5.41) is 0. The average Bonchev–Trinajstić information content (AvgIpc) is 2.77. The van der Waals surface area contributed by atoms with Gasteiger partial charge in [0.05, 0.1) is 12.0 Å². The van der Waals surface area contributed by atoms with Gasteiger partial charge in [0.25, 0.3) is 0 Å². The highest BCUT2D eigenvalue weighted by molar-refractivity contribution is 6.10. The summed E-state index contributed by atoms with van der Waals surface area (Å²) >= 11 is 0. The van der Waals surface area contributed by atoms with Crippen LogP contribution in [0, 0.1) is 5.82 Å². The zero-order chi connectivity index (χ0) is 17.9. The lowest BCUT2D eigenvalue weighted by molar-refractivity contribution is -0.141. The van der Waals surface area contributed by atoms with Crippen molar-refractivity contribution in [1.82, 2.24) is 9.80 Å². The highest BCUT2D eigenvalue weighted by atomic mass is 19.1. The Morgan fingerprint density at radius 2 is 2.12 bits per heavy atom. The molecule has 0 radical (unpaired) electrons. The van der Waals surface area contributed by atoms with Crippen LogP contribution in [-0.2, 0) is 24.5 Å². The van der Waals surface area contributed by atoms with Crippen molar-refractivity contribution in [2.45, 2.75) is 18.3 Å². The van der Waals surface area contributed by atoms with Crippen LogP contribution in [0.2, 0.25) is 0 Å². The van der Waals surface area contributed by atoms with Crippen molar-refractivity contribution in [1.29, 1.82) is 0 Å². The van der Waals surface area contributed by atoms with Gasteiger partial charge in [0.15, 0.2) is 0 Å². The van der Waals surface area contributed by atoms with Gasteiger partial charge in [-0.15, -0.1) is 0 Å². The zero-order valence-electron chi connectivity index (χ0n) is 14.0. The Hall–Kier alpha value is -2.28. The molecule has 1 atom stereocenters. The van der Waals surface area contributed by atoms with Crippen molar-refractivity contribution in [2.75, 3.05) is 34.4 Å². The molecule has 0 aliphatic carbocycles. The summed E-state index contributed by atoms with van der Waals surface area (Å²) in [5.41, 5.74) is -1.01. The number of halogens is 1. The van der Waals surface area contributed by atoms with E-state index in [9.17, 15) is 18.8 Å². The topological polar surface area (TPSA) is 66.9 Å². The molecule has 6 nitrogen and oxygen atoms in total. The van der Waals surface area contributed by atoms with Crippen LogP contribution < -0.4 is 0 Å². The minimum absolute atomic E-state index is 0.143. The Balaban J connectivity index is 2.37. The van der Waals surface area contributed by atoms with E-state index < -0.39 is 17.1 Å². The number of carbonyl (C=O) groups excluding carboxylic acids is 3. The number of likely N-dealkylation sites (N-methyl/N-ethyl adjacent to an activating group) is 2. The molecule has 0 N–H and O–H groups in total.